The molecule has 0 atom stereocenters. The summed E-state index contributed by atoms with van der Waals surface area (Å²) < 4.78 is 73.8. The molecule has 12 heteroatoms. The minimum Gasteiger partial charge on any atom is -0.506 e. The van der Waals surface area contributed by atoms with Crippen LogP contribution in [0.1, 0.15) is 34.7 Å². The van der Waals surface area contributed by atoms with E-state index in [0.29, 0.717) is 17.1 Å². The Hall–Kier alpha value is -4.58. The summed E-state index contributed by atoms with van der Waals surface area (Å²) >= 11 is 0. The molecule has 3 aromatic rings. The summed E-state index contributed by atoms with van der Waals surface area (Å²) in [5.41, 5.74) is -2.08. The fraction of sp³-hybridized carbons (Fsp3) is 0.267. The quantitative estimate of drug-likeness (QED) is 0.0608. The van der Waals surface area contributed by atoms with Gasteiger partial charge >= 0.3 is 5.97 Å². The molecule has 0 aliphatic heterocycles. The second kappa shape index (κ2) is 13.9. The van der Waals surface area contributed by atoms with Crippen LogP contribution >= 0.6 is 0 Å². The molecule has 0 heterocycles. The van der Waals surface area contributed by atoms with Gasteiger partial charge in [-0.3, -0.25) is 4.99 Å². The lowest BCUT2D eigenvalue weighted by Crippen LogP contribution is -2.14. The maximum Gasteiger partial charge on any atom is 0.343 e. The summed E-state index contributed by atoms with van der Waals surface area (Å²) in [4.78, 5) is 16.8. The van der Waals surface area contributed by atoms with E-state index >= 15 is 0 Å². The number of nitrogens with zero attached hydrogens (tertiary/aromatic N) is 1. The zero-order valence-electron chi connectivity index (χ0n) is 23.6. The molecular formula is C30H30F4N2O6. The highest BCUT2D eigenvalue weighted by Crippen LogP contribution is 2.32. The molecule has 0 amide bonds. The maximum absolute atomic E-state index is 15.0. The Morgan fingerprint density at radius 1 is 0.976 bits per heavy atom. The van der Waals surface area contributed by atoms with Gasteiger partial charge in [-0.2, -0.15) is 0 Å². The van der Waals surface area contributed by atoms with Crippen molar-refractivity contribution >= 4 is 29.3 Å². The van der Waals surface area contributed by atoms with Crippen molar-refractivity contribution in [2.45, 2.75) is 33.9 Å². The van der Waals surface area contributed by atoms with E-state index in [2.05, 4.69) is 10.3 Å². The van der Waals surface area contributed by atoms with Gasteiger partial charge < -0.3 is 29.7 Å². The van der Waals surface area contributed by atoms with E-state index in [1.54, 1.807) is 18.2 Å². The third kappa shape index (κ3) is 6.65. The van der Waals surface area contributed by atoms with E-state index in [1.807, 2.05) is 0 Å². The van der Waals surface area contributed by atoms with Crippen molar-refractivity contribution in [2.75, 3.05) is 26.1 Å². The molecule has 0 saturated carbocycles. The number of nitrogens with one attached hydrogen (secondary N) is 1. The Morgan fingerprint density at radius 3 is 2.29 bits per heavy atom. The van der Waals surface area contributed by atoms with Crippen LogP contribution in [0.25, 0.3) is 5.76 Å². The van der Waals surface area contributed by atoms with Gasteiger partial charge in [0, 0.05) is 41.1 Å². The third-order valence-electron chi connectivity index (χ3n) is 6.40. The molecular weight excluding hydrogens is 560 g/mol. The molecule has 0 saturated heterocycles. The number of hydrogen-bond acceptors (Lipinski definition) is 8. The van der Waals surface area contributed by atoms with Crippen molar-refractivity contribution in [3.05, 3.63) is 87.0 Å². The molecule has 3 aromatic carbocycles. The topological polar surface area (TPSA) is 110 Å². The van der Waals surface area contributed by atoms with Crippen molar-refractivity contribution in [1.29, 1.82) is 0 Å². The Bertz CT molecular complexity index is 1530. The standard InChI is InChI=1S/C30H30F4N2O6/c1-6-42-30(39)20(29(38)25-15(2)27(33)28(34)16(3)26(25)32)13-36-22-11-23(21(31)9-18(22)14-37)35-12-17-7-8-19(40-4)10-24(17)41-5/h7-11,13,35,37-38H,6,12,14H2,1-5H3/b29-20-,36-13?. The normalized spacial score (nSPS) is 11.9. The Labute approximate surface area is 239 Å². The minimum atomic E-state index is -1.43. The van der Waals surface area contributed by atoms with E-state index in [4.69, 9.17) is 14.2 Å². The average Bonchev–Trinajstić information content (AvgIpc) is 2.98. The number of aliphatic hydroxyl groups is 2. The number of esters is 1. The molecule has 0 fully saturated rings. The van der Waals surface area contributed by atoms with E-state index in [9.17, 15) is 32.6 Å². The van der Waals surface area contributed by atoms with Crippen LogP contribution in [0.3, 0.4) is 0 Å². The monoisotopic (exact) mass is 590 g/mol. The van der Waals surface area contributed by atoms with Crippen LogP contribution in [0.5, 0.6) is 11.5 Å². The third-order valence-corrected chi connectivity index (χ3v) is 6.40. The Kier molecular flexibility index (Phi) is 10.5. The first-order valence-corrected chi connectivity index (χ1v) is 12.6. The van der Waals surface area contributed by atoms with Crippen molar-refractivity contribution in [1.82, 2.24) is 0 Å². The van der Waals surface area contributed by atoms with E-state index in [0.717, 1.165) is 26.1 Å². The number of methoxy groups -OCH3 is 2. The summed E-state index contributed by atoms with van der Waals surface area (Å²) in [6, 6.07) is 7.36. The molecule has 0 bridgehead atoms. The van der Waals surface area contributed by atoms with Gasteiger partial charge in [0.25, 0.3) is 0 Å². The van der Waals surface area contributed by atoms with Gasteiger partial charge in [-0.05, 0) is 45.0 Å². The highest BCUT2D eigenvalue weighted by molar-refractivity contribution is 6.15. The zero-order chi connectivity index (χ0) is 31.1. The Balaban J connectivity index is 2.08. The number of halogens is 4. The number of anilines is 1. The highest BCUT2D eigenvalue weighted by atomic mass is 19.2. The minimum absolute atomic E-state index is 0.0173. The number of hydrogen-bond donors (Lipinski definition) is 3. The van der Waals surface area contributed by atoms with Crippen LogP contribution in [0.2, 0.25) is 0 Å². The maximum atomic E-state index is 15.0. The fourth-order valence-corrected chi connectivity index (χ4v) is 4.03. The summed E-state index contributed by atoms with van der Waals surface area (Å²) in [6.07, 6.45) is 0.811. The predicted molar refractivity (Wildman–Crippen MR) is 149 cm³/mol. The van der Waals surface area contributed by atoms with Crippen molar-refractivity contribution in [2.24, 2.45) is 4.99 Å². The number of carbonyl (C=O) groups excluding carboxylic acids is 1. The van der Waals surface area contributed by atoms with Crippen LogP contribution in [0, 0.1) is 37.1 Å². The van der Waals surface area contributed by atoms with Crippen LogP contribution in [-0.4, -0.2) is 43.2 Å². The molecule has 0 aliphatic rings. The van der Waals surface area contributed by atoms with Crippen molar-refractivity contribution in [3.8, 4) is 11.5 Å². The number of rotatable bonds is 11. The van der Waals surface area contributed by atoms with Gasteiger partial charge in [0.15, 0.2) is 11.6 Å². The summed E-state index contributed by atoms with van der Waals surface area (Å²) in [5, 5.41) is 23.6. The smallest absolute Gasteiger partial charge is 0.343 e. The van der Waals surface area contributed by atoms with Gasteiger partial charge in [-0.1, -0.05) is 0 Å². The Morgan fingerprint density at radius 2 is 1.67 bits per heavy atom. The lowest BCUT2D eigenvalue weighted by Gasteiger charge is -2.15. The molecule has 8 nitrogen and oxygen atoms in total. The number of carbonyl (C=O) groups is 1. The second-order valence-corrected chi connectivity index (χ2v) is 8.96. The lowest BCUT2D eigenvalue weighted by molar-refractivity contribution is -0.137. The molecule has 0 unspecified atom stereocenters. The first-order valence-electron chi connectivity index (χ1n) is 12.6. The fourth-order valence-electron chi connectivity index (χ4n) is 4.03. The summed E-state index contributed by atoms with van der Waals surface area (Å²) in [7, 11) is 2.98. The van der Waals surface area contributed by atoms with Crippen LogP contribution in [-0.2, 0) is 22.7 Å². The summed E-state index contributed by atoms with van der Waals surface area (Å²) in [5.74, 6) is -5.97. The molecule has 42 heavy (non-hydrogen) atoms. The zero-order valence-corrected chi connectivity index (χ0v) is 23.6. The van der Waals surface area contributed by atoms with Crippen molar-refractivity contribution in [3.63, 3.8) is 0 Å². The highest BCUT2D eigenvalue weighted by Gasteiger charge is 2.26. The lowest BCUT2D eigenvalue weighted by atomic mass is 9.99. The van der Waals surface area contributed by atoms with E-state index in [-0.39, 0.29) is 30.1 Å². The number of ether oxygens (including phenoxy) is 3. The molecule has 0 radical (unpaired) electrons. The van der Waals surface area contributed by atoms with Gasteiger partial charge in [-0.25, -0.2) is 22.4 Å². The van der Waals surface area contributed by atoms with Gasteiger partial charge in [0.05, 0.1) is 44.4 Å². The van der Waals surface area contributed by atoms with Crippen LogP contribution in [0.15, 0.2) is 40.9 Å². The predicted octanol–water partition coefficient (Wildman–Crippen LogP) is 6.22. The molecule has 0 aromatic heterocycles. The number of benzene rings is 3. The first-order chi connectivity index (χ1) is 20.0. The molecule has 0 spiro atoms. The van der Waals surface area contributed by atoms with E-state index in [1.165, 1.54) is 27.2 Å². The van der Waals surface area contributed by atoms with Gasteiger partial charge in [-0.15, -0.1) is 0 Å². The summed E-state index contributed by atoms with van der Waals surface area (Å²) in [6.45, 7) is 2.83. The molecule has 224 valence electrons. The molecule has 3 rings (SSSR count). The van der Waals surface area contributed by atoms with Crippen LogP contribution < -0.4 is 14.8 Å². The number of aliphatic imine (C=N–C) groups is 1. The number of aliphatic hydroxyl groups excluding tert-OH is 2. The van der Waals surface area contributed by atoms with Gasteiger partial charge in [0.2, 0.25) is 0 Å². The second-order valence-electron chi connectivity index (χ2n) is 8.96. The molecule has 0 aliphatic carbocycles. The van der Waals surface area contributed by atoms with E-state index < -0.39 is 63.9 Å². The van der Waals surface area contributed by atoms with Crippen LogP contribution in [0.4, 0.5) is 28.9 Å². The largest absolute Gasteiger partial charge is 0.506 e. The first kappa shape index (κ1) is 31.9. The van der Waals surface area contributed by atoms with Gasteiger partial charge in [0.1, 0.15) is 34.5 Å². The average molecular weight is 591 g/mol. The van der Waals surface area contributed by atoms with Crippen molar-refractivity contribution < 1.29 is 46.8 Å². The molecule has 3 N–H and O–H groups in total. The SMILES string of the molecule is CCOC(=O)/C(C=Nc1cc(NCc2ccc(OC)cc2OC)c(F)cc1CO)=C(\O)c1c(C)c(F)c(F)c(C)c1F.